The number of benzene rings is 3. The fourth-order valence-electron chi connectivity index (χ4n) is 4.27. The van der Waals surface area contributed by atoms with Gasteiger partial charge in [-0.2, -0.15) is 0 Å². The van der Waals surface area contributed by atoms with Crippen molar-refractivity contribution in [1.82, 2.24) is 5.16 Å². The van der Waals surface area contributed by atoms with Gasteiger partial charge in [-0.05, 0) is 59.9 Å². The van der Waals surface area contributed by atoms with E-state index in [4.69, 9.17) is 14.0 Å². The van der Waals surface area contributed by atoms with Gasteiger partial charge in [-0.1, -0.05) is 54.5 Å². The number of aromatic nitrogens is 1. The normalized spacial score (nSPS) is 10.7. The summed E-state index contributed by atoms with van der Waals surface area (Å²) < 4.78 is 17.2. The molecule has 0 fully saturated rings. The van der Waals surface area contributed by atoms with Crippen LogP contribution in [0.15, 0.2) is 71.3 Å². The lowest BCUT2D eigenvalue weighted by Crippen LogP contribution is -2.33. The first-order valence-electron chi connectivity index (χ1n) is 12.1. The fraction of sp³-hybridized carbons (Fsp3) is 0.233. The van der Waals surface area contributed by atoms with Crippen LogP contribution in [0.2, 0.25) is 0 Å². The number of ether oxygens (including phenoxy) is 2. The average molecular weight is 499 g/mol. The van der Waals surface area contributed by atoms with E-state index in [-0.39, 0.29) is 5.88 Å². The maximum atomic E-state index is 12.4. The van der Waals surface area contributed by atoms with E-state index in [1.807, 2.05) is 73.7 Å². The van der Waals surface area contributed by atoms with Crippen LogP contribution < -0.4 is 14.4 Å². The third-order valence-corrected chi connectivity index (χ3v) is 6.17. The summed E-state index contributed by atoms with van der Waals surface area (Å²) in [6.07, 6.45) is 0.743. The lowest BCUT2D eigenvalue weighted by molar-refractivity contribution is -0.124. The molecule has 2 amide bonds. The highest BCUT2D eigenvalue weighted by Gasteiger charge is 2.29. The van der Waals surface area contributed by atoms with Crippen molar-refractivity contribution in [2.24, 2.45) is 0 Å². The van der Waals surface area contributed by atoms with Gasteiger partial charge in [-0.15, -0.1) is 0 Å². The molecule has 1 aromatic heterocycles. The predicted octanol–water partition coefficient (Wildman–Crippen LogP) is 6.37. The number of carbonyl (C=O) groups excluding carboxylic acids is 2. The summed E-state index contributed by atoms with van der Waals surface area (Å²) in [6.45, 7) is 7.14. The Kier molecular flexibility index (Phi) is 7.72. The van der Waals surface area contributed by atoms with Crippen LogP contribution in [0.4, 0.5) is 5.88 Å². The summed E-state index contributed by atoms with van der Waals surface area (Å²) in [4.78, 5) is 25.8. The van der Waals surface area contributed by atoms with Gasteiger partial charge >= 0.3 is 0 Å². The van der Waals surface area contributed by atoms with Crippen LogP contribution in [-0.4, -0.2) is 24.1 Å². The zero-order valence-corrected chi connectivity index (χ0v) is 21.7. The van der Waals surface area contributed by atoms with E-state index in [1.165, 1.54) is 13.8 Å². The molecule has 0 aliphatic carbocycles. The molecule has 0 bridgehead atoms. The summed E-state index contributed by atoms with van der Waals surface area (Å²) in [5.74, 6) is 0.655. The first kappa shape index (κ1) is 25.7. The SMILES string of the molecule is CCc1cc(-c2noc(N(C(C)=O)C(C)=O)c2-c2ccc(OC)cc2)c(C)cc1OCc1ccccc1. The van der Waals surface area contributed by atoms with Crippen molar-refractivity contribution in [3.63, 3.8) is 0 Å². The first-order valence-corrected chi connectivity index (χ1v) is 12.1. The molecule has 0 spiro atoms. The average Bonchev–Trinajstić information content (AvgIpc) is 3.31. The van der Waals surface area contributed by atoms with Gasteiger partial charge in [0.05, 0.1) is 12.7 Å². The second kappa shape index (κ2) is 11.1. The van der Waals surface area contributed by atoms with Crippen LogP contribution in [-0.2, 0) is 22.6 Å². The molecule has 0 saturated carbocycles. The van der Waals surface area contributed by atoms with Crippen molar-refractivity contribution < 1.29 is 23.6 Å². The highest BCUT2D eigenvalue weighted by molar-refractivity contribution is 6.15. The van der Waals surface area contributed by atoms with Crippen LogP contribution in [0.3, 0.4) is 0 Å². The minimum atomic E-state index is -0.458. The van der Waals surface area contributed by atoms with Crippen molar-refractivity contribution in [2.75, 3.05) is 12.0 Å². The molecule has 0 radical (unpaired) electrons. The van der Waals surface area contributed by atoms with E-state index >= 15 is 0 Å². The molecule has 1 heterocycles. The number of hydrogen-bond donors (Lipinski definition) is 0. The van der Waals surface area contributed by atoms with Crippen molar-refractivity contribution in [1.29, 1.82) is 0 Å². The molecule has 190 valence electrons. The van der Waals surface area contributed by atoms with E-state index < -0.39 is 11.8 Å². The Balaban J connectivity index is 1.83. The lowest BCUT2D eigenvalue weighted by Gasteiger charge is -2.17. The maximum absolute atomic E-state index is 12.4. The topological polar surface area (TPSA) is 81.9 Å². The number of anilines is 1. The van der Waals surface area contributed by atoms with Crippen LogP contribution in [0, 0.1) is 6.92 Å². The van der Waals surface area contributed by atoms with Gasteiger partial charge in [-0.25, -0.2) is 4.90 Å². The Morgan fingerprint density at radius 1 is 0.973 bits per heavy atom. The van der Waals surface area contributed by atoms with Gasteiger partial charge < -0.3 is 14.0 Å². The summed E-state index contributed by atoms with van der Waals surface area (Å²) in [6, 6.07) is 21.4. The van der Waals surface area contributed by atoms with Gasteiger partial charge in [0, 0.05) is 19.4 Å². The monoisotopic (exact) mass is 498 g/mol. The molecule has 0 unspecified atom stereocenters. The lowest BCUT2D eigenvalue weighted by atomic mass is 9.95. The molecule has 0 N–H and O–H groups in total. The molecule has 0 aliphatic heterocycles. The van der Waals surface area contributed by atoms with Crippen molar-refractivity contribution in [3.8, 4) is 33.9 Å². The maximum Gasteiger partial charge on any atom is 0.249 e. The second-order valence-electron chi connectivity index (χ2n) is 8.72. The van der Waals surface area contributed by atoms with Crippen molar-refractivity contribution in [2.45, 2.75) is 40.7 Å². The molecule has 4 rings (SSSR count). The third kappa shape index (κ3) is 5.40. The quantitative estimate of drug-likeness (QED) is 0.281. The Morgan fingerprint density at radius 3 is 2.24 bits per heavy atom. The number of nitrogens with zero attached hydrogens (tertiary/aromatic N) is 2. The number of methoxy groups -OCH3 is 1. The van der Waals surface area contributed by atoms with Gasteiger partial charge in [0.15, 0.2) is 0 Å². The number of imide groups is 1. The van der Waals surface area contributed by atoms with E-state index in [1.54, 1.807) is 7.11 Å². The van der Waals surface area contributed by atoms with Crippen molar-refractivity contribution >= 4 is 17.7 Å². The molecule has 7 heteroatoms. The molecule has 0 aliphatic rings. The summed E-state index contributed by atoms with van der Waals surface area (Å²) in [7, 11) is 1.59. The molecule has 37 heavy (non-hydrogen) atoms. The van der Waals surface area contributed by atoms with Gasteiger partial charge in [0.1, 0.15) is 23.8 Å². The summed E-state index contributed by atoms with van der Waals surface area (Å²) in [5, 5.41) is 4.36. The van der Waals surface area contributed by atoms with E-state index in [9.17, 15) is 9.59 Å². The smallest absolute Gasteiger partial charge is 0.249 e. The molecule has 7 nitrogen and oxygen atoms in total. The molecule has 4 aromatic rings. The van der Waals surface area contributed by atoms with E-state index in [2.05, 4.69) is 12.1 Å². The highest BCUT2D eigenvalue weighted by atomic mass is 16.5. The molecule has 3 aromatic carbocycles. The minimum absolute atomic E-state index is 0.0852. The van der Waals surface area contributed by atoms with E-state index in [0.29, 0.717) is 23.6 Å². The molecular formula is C30H30N2O5. The number of rotatable bonds is 8. The zero-order valence-electron chi connectivity index (χ0n) is 21.7. The Hall–Kier alpha value is -4.39. The number of carbonyl (C=O) groups is 2. The number of amides is 2. The van der Waals surface area contributed by atoms with Gasteiger partial charge in [0.2, 0.25) is 17.7 Å². The highest BCUT2D eigenvalue weighted by Crippen LogP contribution is 2.42. The Morgan fingerprint density at radius 2 is 1.65 bits per heavy atom. The summed E-state index contributed by atoms with van der Waals surface area (Å²) >= 11 is 0. The molecule has 0 atom stereocenters. The predicted molar refractivity (Wildman–Crippen MR) is 143 cm³/mol. The molecular weight excluding hydrogens is 468 g/mol. The minimum Gasteiger partial charge on any atom is -0.497 e. The second-order valence-corrected chi connectivity index (χ2v) is 8.72. The van der Waals surface area contributed by atoms with E-state index in [0.717, 1.165) is 44.9 Å². The van der Waals surface area contributed by atoms with Crippen LogP contribution in [0.5, 0.6) is 11.5 Å². The first-order chi connectivity index (χ1) is 17.8. The van der Waals surface area contributed by atoms with Gasteiger partial charge in [-0.3, -0.25) is 9.59 Å². The van der Waals surface area contributed by atoms with Crippen LogP contribution in [0.1, 0.15) is 37.5 Å². The van der Waals surface area contributed by atoms with Crippen molar-refractivity contribution in [3.05, 3.63) is 83.4 Å². The van der Waals surface area contributed by atoms with Crippen LogP contribution in [0.25, 0.3) is 22.4 Å². The Labute approximate surface area is 216 Å². The Bertz CT molecular complexity index is 1390. The largest absolute Gasteiger partial charge is 0.497 e. The fourth-order valence-corrected chi connectivity index (χ4v) is 4.27. The third-order valence-electron chi connectivity index (χ3n) is 6.17. The van der Waals surface area contributed by atoms with Crippen LogP contribution >= 0.6 is 0 Å². The standard InChI is InChI=1S/C30H30N2O5/c1-6-23-17-26(19(2)16-27(23)36-18-22-10-8-7-9-11-22)29-28(24-12-14-25(35-5)15-13-24)30(37-31-29)32(20(3)33)21(4)34/h7-17H,6,18H2,1-5H3. The summed E-state index contributed by atoms with van der Waals surface area (Å²) in [5.41, 5.74) is 5.68. The van der Waals surface area contributed by atoms with Gasteiger partial charge in [0.25, 0.3) is 0 Å². The molecule has 0 saturated heterocycles. The zero-order chi connectivity index (χ0) is 26.5. The number of hydrogen-bond acceptors (Lipinski definition) is 6. The number of aryl methyl sites for hydroxylation is 2.